The zero-order valence-electron chi connectivity index (χ0n) is 9.79. The van der Waals surface area contributed by atoms with Crippen LogP contribution < -0.4 is 10.1 Å². The van der Waals surface area contributed by atoms with Crippen LogP contribution in [0.4, 0.5) is 0 Å². The molecule has 0 aliphatic carbocycles. The Bertz CT molecular complexity index is 234. The molecule has 86 valence electrons. The maximum absolute atomic E-state index is 8.54. The Morgan fingerprint density at radius 3 is 2.27 bits per heavy atom. The summed E-state index contributed by atoms with van der Waals surface area (Å²) in [6, 6.07) is 7.86. The highest BCUT2D eigenvalue weighted by Gasteiger charge is 1.92. The van der Waals surface area contributed by atoms with Crippen LogP contribution in [0.3, 0.4) is 0 Å². The predicted octanol–water partition coefficient (Wildman–Crippen LogP) is 1.80. The number of nitrogens with one attached hydrogen (secondary N) is 1. The topological polar surface area (TPSA) is 41.5 Å². The molecule has 3 nitrogen and oxygen atoms in total. The van der Waals surface area contributed by atoms with Gasteiger partial charge in [-0.3, -0.25) is 0 Å². The summed E-state index contributed by atoms with van der Waals surface area (Å²) in [5, 5.41) is 11.6. The number of aliphatic hydroxyl groups excluding tert-OH is 1. The van der Waals surface area contributed by atoms with E-state index in [9.17, 15) is 0 Å². The molecule has 0 amide bonds. The van der Waals surface area contributed by atoms with E-state index in [2.05, 4.69) is 5.32 Å². The van der Waals surface area contributed by atoms with Crippen molar-refractivity contribution in [1.29, 1.82) is 0 Å². The maximum Gasteiger partial charge on any atom is 0.118 e. The second-order valence-corrected chi connectivity index (χ2v) is 2.75. The van der Waals surface area contributed by atoms with Crippen LogP contribution in [0.1, 0.15) is 19.4 Å². The fraction of sp³-hybridized carbons (Fsp3) is 0.500. The van der Waals surface area contributed by atoms with Gasteiger partial charge in [0.05, 0.1) is 13.7 Å². The molecule has 0 aliphatic heterocycles. The van der Waals surface area contributed by atoms with Gasteiger partial charge in [0.2, 0.25) is 0 Å². The molecule has 0 atom stereocenters. The molecule has 1 aromatic carbocycles. The van der Waals surface area contributed by atoms with Crippen molar-refractivity contribution in [3.05, 3.63) is 29.8 Å². The van der Waals surface area contributed by atoms with Crippen LogP contribution in [0.5, 0.6) is 5.75 Å². The predicted molar refractivity (Wildman–Crippen MR) is 63.1 cm³/mol. The van der Waals surface area contributed by atoms with E-state index >= 15 is 0 Å². The Balaban J connectivity index is 0.000000921. The fourth-order valence-corrected chi connectivity index (χ4v) is 1.06. The van der Waals surface area contributed by atoms with Crippen molar-refractivity contribution in [2.75, 3.05) is 20.3 Å². The first kappa shape index (κ1) is 13.9. The van der Waals surface area contributed by atoms with Gasteiger partial charge in [-0.2, -0.15) is 0 Å². The zero-order chi connectivity index (χ0) is 11.5. The van der Waals surface area contributed by atoms with E-state index in [0.29, 0.717) is 6.54 Å². The SMILES string of the molecule is CC.COc1ccc(CNCCO)cc1. The highest BCUT2D eigenvalue weighted by Crippen LogP contribution is 2.10. The molecule has 0 aromatic heterocycles. The summed E-state index contributed by atoms with van der Waals surface area (Å²) >= 11 is 0. The number of methoxy groups -OCH3 is 1. The summed E-state index contributed by atoms with van der Waals surface area (Å²) in [5.41, 5.74) is 1.19. The highest BCUT2D eigenvalue weighted by molar-refractivity contribution is 5.26. The third-order valence-corrected chi connectivity index (χ3v) is 1.78. The first-order valence-electron chi connectivity index (χ1n) is 5.31. The van der Waals surface area contributed by atoms with Crippen molar-refractivity contribution in [3.63, 3.8) is 0 Å². The minimum Gasteiger partial charge on any atom is -0.497 e. The summed E-state index contributed by atoms with van der Waals surface area (Å²) in [6.07, 6.45) is 0. The second-order valence-electron chi connectivity index (χ2n) is 2.75. The van der Waals surface area contributed by atoms with Crippen LogP contribution in [-0.2, 0) is 6.54 Å². The second kappa shape index (κ2) is 9.49. The molecule has 0 saturated heterocycles. The van der Waals surface area contributed by atoms with Crippen LogP contribution in [-0.4, -0.2) is 25.4 Å². The Morgan fingerprint density at radius 1 is 1.20 bits per heavy atom. The van der Waals surface area contributed by atoms with Gasteiger partial charge in [-0.25, -0.2) is 0 Å². The zero-order valence-corrected chi connectivity index (χ0v) is 9.79. The third kappa shape index (κ3) is 6.10. The van der Waals surface area contributed by atoms with E-state index in [4.69, 9.17) is 9.84 Å². The van der Waals surface area contributed by atoms with Crippen molar-refractivity contribution in [3.8, 4) is 5.75 Å². The van der Waals surface area contributed by atoms with E-state index in [1.165, 1.54) is 5.56 Å². The van der Waals surface area contributed by atoms with Crippen LogP contribution in [0.2, 0.25) is 0 Å². The van der Waals surface area contributed by atoms with Gasteiger partial charge < -0.3 is 15.2 Å². The average molecular weight is 211 g/mol. The van der Waals surface area contributed by atoms with Gasteiger partial charge in [0.25, 0.3) is 0 Å². The first-order chi connectivity index (χ1) is 7.36. The smallest absolute Gasteiger partial charge is 0.118 e. The quantitative estimate of drug-likeness (QED) is 0.730. The molecule has 0 unspecified atom stereocenters. The summed E-state index contributed by atoms with van der Waals surface area (Å²) in [7, 11) is 1.65. The van der Waals surface area contributed by atoms with Gasteiger partial charge in [0.15, 0.2) is 0 Å². The number of benzene rings is 1. The molecule has 0 saturated carbocycles. The third-order valence-electron chi connectivity index (χ3n) is 1.78. The number of hydrogen-bond acceptors (Lipinski definition) is 3. The minimum atomic E-state index is 0.177. The summed E-state index contributed by atoms with van der Waals surface area (Å²) in [6.45, 7) is 5.59. The molecule has 0 radical (unpaired) electrons. The van der Waals surface area contributed by atoms with Gasteiger partial charge in [0.1, 0.15) is 5.75 Å². The average Bonchev–Trinajstić information content (AvgIpc) is 2.33. The van der Waals surface area contributed by atoms with Crippen molar-refractivity contribution >= 4 is 0 Å². The number of ether oxygens (including phenoxy) is 1. The van der Waals surface area contributed by atoms with Gasteiger partial charge in [-0.15, -0.1) is 0 Å². The summed E-state index contributed by atoms with van der Waals surface area (Å²) in [4.78, 5) is 0. The molecule has 15 heavy (non-hydrogen) atoms. The molecule has 0 aliphatic rings. The monoisotopic (exact) mass is 211 g/mol. The molecule has 1 aromatic rings. The number of hydrogen-bond donors (Lipinski definition) is 2. The molecule has 1 rings (SSSR count). The van der Waals surface area contributed by atoms with Crippen LogP contribution >= 0.6 is 0 Å². The lowest BCUT2D eigenvalue weighted by Crippen LogP contribution is -2.17. The lowest BCUT2D eigenvalue weighted by Gasteiger charge is -2.04. The van der Waals surface area contributed by atoms with Gasteiger partial charge in [0, 0.05) is 13.1 Å². The number of rotatable bonds is 5. The van der Waals surface area contributed by atoms with Crippen molar-refractivity contribution in [2.24, 2.45) is 0 Å². The molecule has 0 spiro atoms. The molecular formula is C12H21NO2. The Labute approximate surface area is 92.1 Å². The molecule has 0 heterocycles. The van der Waals surface area contributed by atoms with E-state index in [0.717, 1.165) is 12.3 Å². The fourth-order valence-electron chi connectivity index (χ4n) is 1.06. The van der Waals surface area contributed by atoms with E-state index in [1.807, 2.05) is 38.1 Å². The minimum absolute atomic E-state index is 0.177. The number of aliphatic hydroxyl groups is 1. The Kier molecular flexibility index (Phi) is 8.82. The van der Waals surface area contributed by atoms with Gasteiger partial charge in [-0.05, 0) is 17.7 Å². The maximum atomic E-state index is 8.54. The normalized spacial score (nSPS) is 9.07. The lowest BCUT2D eigenvalue weighted by molar-refractivity contribution is 0.292. The molecule has 0 fully saturated rings. The largest absolute Gasteiger partial charge is 0.497 e. The van der Waals surface area contributed by atoms with Crippen LogP contribution in [0, 0.1) is 0 Å². The molecule has 0 bridgehead atoms. The van der Waals surface area contributed by atoms with E-state index < -0.39 is 0 Å². The van der Waals surface area contributed by atoms with Crippen molar-refractivity contribution in [2.45, 2.75) is 20.4 Å². The molecule has 3 heteroatoms. The first-order valence-corrected chi connectivity index (χ1v) is 5.31. The van der Waals surface area contributed by atoms with Crippen molar-refractivity contribution < 1.29 is 9.84 Å². The highest BCUT2D eigenvalue weighted by atomic mass is 16.5. The van der Waals surface area contributed by atoms with Gasteiger partial charge in [-0.1, -0.05) is 26.0 Å². The Hall–Kier alpha value is -1.06. The van der Waals surface area contributed by atoms with E-state index in [-0.39, 0.29) is 6.61 Å². The Morgan fingerprint density at radius 2 is 1.80 bits per heavy atom. The standard InChI is InChI=1S/C10H15NO2.C2H6/c1-13-10-4-2-9(3-5-10)8-11-6-7-12;1-2/h2-5,11-12H,6-8H2,1H3;1-2H3. The summed E-state index contributed by atoms with van der Waals surface area (Å²) in [5.74, 6) is 0.867. The van der Waals surface area contributed by atoms with Crippen LogP contribution in [0.15, 0.2) is 24.3 Å². The van der Waals surface area contributed by atoms with E-state index in [1.54, 1.807) is 7.11 Å². The summed E-state index contributed by atoms with van der Waals surface area (Å²) < 4.78 is 5.03. The van der Waals surface area contributed by atoms with Crippen molar-refractivity contribution in [1.82, 2.24) is 5.32 Å². The molecular weight excluding hydrogens is 190 g/mol. The van der Waals surface area contributed by atoms with Gasteiger partial charge >= 0.3 is 0 Å². The lowest BCUT2D eigenvalue weighted by atomic mass is 10.2. The van der Waals surface area contributed by atoms with Crippen LogP contribution in [0.25, 0.3) is 0 Å². The molecule has 2 N–H and O–H groups in total.